The molecule has 0 saturated heterocycles. The second-order valence-electron chi connectivity index (χ2n) is 4.68. The van der Waals surface area contributed by atoms with Crippen LogP contribution >= 0.6 is 39.0 Å². The first-order valence-corrected chi connectivity index (χ1v) is 16.8. The van der Waals surface area contributed by atoms with Gasteiger partial charge in [-0.15, -0.1) is 0 Å². The van der Waals surface area contributed by atoms with Gasteiger partial charge in [0.25, 0.3) is 0 Å². The molecule has 92 valence electrons. The zero-order valence-corrected chi connectivity index (χ0v) is 15.1. The van der Waals surface area contributed by atoms with Gasteiger partial charge in [0.2, 0.25) is 0 Å². The van der Waals surface area contributed by atoms with Crippen molar-refractivity contribution >= 4 is 46.4 Å². The SMILES string of the molecule is C[Si](C)(Cl)CCCC1=[C]([Ti]([Cl])([Cl])[Cl])CC=C1. The van der Waals surface area contributed by atoms with E-state index in [4.69, 9.17) is 39.0 Å². The summed E-state index contributed by atoms with van der Waals surface area (Å²) in [6, 6.07) is 1.12. The molecule has 1 rings (SSSR count). The van der Waals surface area contributed by atoms with Crippen molar-refractivity contribution in [2.45, 2.75) is 38.4 Å². The molecule has 0 radical (unpaired) electrons. The summed E-state index contributed by atoms with van der Waals surface area (Å²) in [5.74, 6) is 0. The minimum atomic E-state index is -3.17. The van der Waals surface area contributed by atoms with Crippen LogP contribution in [-0.4, -0.2) is 7.38 Å². The summed E-state index contributed by atoms with van der Waals surface area (Å²) in [5, 5.41) is 0. The Bertz CT molecular complexity index is 312. The Morgan fingerprint density at radius 2 is 1.94 bits per heavy atom. The van der Waals surface area contributed by atoms with Crippen LogP contribution in [0.3, 0.4) is 0 Å². The standard InChI is InChI=1S/C10H16ClSi.3ClH.Ti/c1-12(2,11)9-5-8-10-6-3-4-7-10;;;;/h3,6H,4-5,8-9H2,1-2H3;3*1H;/q;;;;+3/p-3. The summed E-state index contributed by atoms with van der Waals surface area (Å²) < 4.78 is 1.11. The number of halogens is 4. The molecule has 6 heteroatoms. The van der Waals surface area contributed by atoms with Crippen LogP contribution in [0.1, 0.15) is 19.3 Å². The molecule has 16 heavy (non-hydrogen) atoms. The van der Waals surface area contributed by atoms with Crippen LogP contribution in [-0.2, 0) is 13.4 Å². The van der Waals surface area contributed by atoms with Gasteiger partial charge in [0.15, 0.2) is 0 Å². The molecular weight excluding hydrogens is 338 g/mol. The molecule has 0 N–H and O–H groups in total. The Hall–Kier alpha value is 1.57. The molecule has 0 saturated carbocycles. The molecule has 0 aromatic heterocycles. The van der Waals surface area contributed by atoms with E-state index in [1.54, 1.807) is 0 Å². The first kappa shape index (κ1) is 15.6. The van der Waals surface area contributed by atoms with Crippen LogP contribution < -0.4 is 0 Å². The molecule has 0 heterocycles. The Labute approximate surface area is 119 Å². The van der Waals surface area contributed by atoms with Crippen molar-refractivity contribution in [2.75, 3.05) is 0 Å². The molecule has 0 amide bonds. The van der Waals surface area contributed by atoms with Crippen LogP contribution in [0.4, 0.5) is 0 Å². The second kappa shape index (κ2) is 6.14. The van der Waals surface area contributed by atoms with E-state index >= 15 is 0 Å². The molecule has 0 spiro atoms. The summed E-state index contributed by atoms with van der Waals surface area (Å²) in [6.45, 7) is 4.34. The summed E-state index contributed by atoms with van der Waals surface area (Å²) >= 11 is 3.12. The predicted octanol–water partition coefficient (Wildman–Crippen LogP) is 6.04. The topological polar surface area (TPSA) is 0 Å². The zero-order chi connectivity index (χ0) is 12.4. The molecule has 0 nitrogen and oxygen atoms in total. The zero-order valence-electron chi connectivity index (χ0n) is 9.49. The van der Waals surface area contributed by atoms with E-state index in [-0.39, 0.29) is 0 Å². The number of rotatable bonds is 5. The van der Waals surface area contributed by atoms with Gasteiger partial charge in [-0.1, -0.05) is 0 Å². The van der Waals surface area contributed by atoms with Gasteiger partial charge in [-0.2, -0.15) is 0 Å². The molecule has 0 aliphatic heterocycles. The van der Waals surface area contributed by atoms with Crippen LogP contribution in [0.15, 0.2) is 21.6 Å². The molecule has 0 fully saturated rings. The van der Waals surface area contributed by atoms with Crippen LogP contribution in [0.2, 0.25) is 19.1 Å². The van der Waals surface area contributed by atoms with E-state index in [1.807, 2.05) is 0 Å². The summed E-state index contributed by atoms with van der Waals surface area (Å²) in [6.07, 6.45) is 7.17. The van der Waals surface area contributed by atoms with Crippen molar-refractivity contribution in [2.24, 2.45) is 0 Å². The van der Waals surface area contributed by atoms with E-state index in [0.717, 1.165) is 29.2 Å². The third-order valence-corrected chi connectivity index (χ3v) is 9.41. The second-order valence-corrected chi connectivity index (χ2v) is 23.6. The first-order valence-electron chi connectivity index (χ1n) is 5.35. The van der Waals surface area contributed by atoms with Crippen molar-refractivity contribution in [3.63, 3.8) is 0 Å². The Morgan fingerprint density at radius 1 is 1.31 bits per heavy atom. The van der Waals surface area contributed by atoms with Crippen molar-refractivity contribution < 1.29 is 13.4 Å². The third kappa shape index (κ3) is 5.48. The summed E-state index contributed by atoms with van der Waals surface area (Å²) in [5.41, 5.74) is 1.26. The van der Waals surface area contributed by atoms with Gasteiger partial charge >= 0.3 is 120 Å². The van der Waals surface area contributed by atoms with Gasteiger partial charge < -0.3 is 0 Å². The fourth-order valence-electron chi connectivity index (χ4n) is 1.78. The van der Waals surface area contributed by atoms with Gasteiger partial charge in [-0.25, -0.2) is 0 Å². The Balaban J connectivity index is 2.56. The van der Waals surface area contributed by atoms with Crippen molar-refractivity contribution in [1.29, 1.82) is 0 Å². The molecule has 1 aliphatic rings. The van der Waals surface area contributed by atoms with Crippen LogP contribution in [0.5, 0.6) is 0 Å². The van der Waals surface area contributed by atoms with Crippen molar-refractivity contribution in [1.82, 2.24) is 0 Å². The molecule has 0 unspecified atom stereocenters. The molecule has 0 atom stereocenters. The van der Waals surface area contributed by atoms with E-state index < -0.39 is 20.8 Å². The van der Waals surface area contributed by atoms with E-state index in [9.17, 15) is 0 Å². The number of allylic oxidation sites excluding steroid dienone is 4. The van der Waals surface area contributed by atoms with Gasteiger partial charge in [0, 0.05) is 0 Å². The van der Waals surface area contributed by atoms with E-state index in [2.05, 4.69) is 25.2 Å². The average molecular weight is 354 g/mol. The molecule has 0 aromatic rings. The maximum absolute atomic E-state index is 6.28. The summed E-state index contributed by atoms with van der Waals surface area (Å²) in [4.78, 5) is 0. The van der Waals surface area contributed by atoms with Crippen LogP contribution in [0, 0.1) is 0 Å². The molecule has 1 aliphatic carbocycles. The fourth-order valence-corrected chi connectivity index (χ4v) is 7.10. The minimum absolute atomic E-state index is 0.841. The predicted molar refractivity (Wildman–Crippen MR) is 75.7 cm³/mol. The number of hydrogen-bond donors (Lipinski definition) is 0. The molecular formula is C10H16Cl4SiTi. The molecule has 0 bridgehead atoms. The average Bonchev–Trinajstić information content (AvgIpc) is 2.48. The van der Waals surface area contributed by atoms with Crippen molar-refractivity contribution in [3.05, 3.63) is 21.6 Å². The normalized spacial score (nSPS) is 17.4. The monoisotopic (exact) mass is 352 g/mol. The molecule has 0 aromatic carbocycles. The first-order chi connectivity index (χ1) is 7.20. The summed E-state index contributed by atoms with van der Waals surface area (Å²) in [7, 11) is 16.9. The van der Waals surface area contributed by atoms with Gasteiger partial charge in [-0.05, 0) is 0 Å². The van der Waals surface area contributed by atoms with Gasteiger partial charge in [0.1, 0.15) is 0 Å². The maximum atomic E-state index is 6.28. The van der Waals surface area contributed by atoms with E-state index in [0.29, 0.717) is 0 Å². The fraction of sp³-hybridized carbons (Fsp3) is 0.600. The quantitative estimate of drug-likeness (QED) is 0.417. The van der Waals surface area contributed by atoms with Gasteiger partial charge in [-0.3, -0.25) is 0 Å². The van der Waals surface area contributed by atoms with Crippen molar-refractivity contribution in [3.8, 4) is 0 Å². The number of hydrogen-bond acceptors (Lipinski definition) is 0. The van der Waals surface area contributed by atoms with Crippen LogP contribution in [0.25, 0.3) is 0 Å². The third-order valence-electron chi connectivity index (χ3n) is 2.59. The van der Waals surface area contributed by atoms with Gasteiger partial charge in [0.05, 0.1) is 0 Å². The van der Waals surface area contributed by atoms with E-state index in [1.165, 1.54) is 5.57 Å². The Kier molecular flexibility index (Phi) is 6.00. The Morgan fingerprint density at radius 3 is 2.44 bits per heavy atom.